The predicted octanol–water partition coefficient (Wildman–Crippen LogP) is 2.65. The maximum Gasteiger partial charge on any atom is 0.161 e. The molecule has 0 bridgehead atoms. The number of nitrogens with two attached hydrogens (primary N) is 2. The van der Waals surface area contributed by atoms with E-state index in [4.69, 9.17) is 11.5 Å². The van der Waals surface area contributed by atoms with E-state index < -0.39 is 23.5 Å². The van der Waals surface area contributed by atoms with Gasteiger partial charge < -0.3 is 11.5 Å². The Kier molecular flexibility index (Phi) is 7.18. The predicted molar refractivity (Wildman–Crippen MR) is 63.4 cm³/mol. The van der Waals surface area contributed by atoms with Gasteiger partial charge in [-0.05, 0) is 25.5 Å². The second-order valence-electron chi connectivity index (χ2n) is 3.68. The van der Waals surface area contributed by atoms with Crippen LogP contribution in [0.4, 0.5) is 13.2 Å². The highest BCUT2D eigenvalue weighted by molar-refractivity contribution is 5.85. The normalized spacial score (nSPS) is 12.1. The second kappa shape index (κ2) is 7.53. The first-order chi connectivity index (χ1) is 7.56. The first-order valence-electron chi connectivity index (χ1n) is 5.16. The Hall–Kier alpha value is -0.780. The van der Waals surface area contributed by atoms with E-state index >= 15 is 0 Å². The molecule has 0 fully saturated rings. The van der Waals surface area contributed by atoms with Gasteiger partial charge >= 0.3 is 0 Å². The maximum absolute atomic E-state index is 13.3. The number of rotatable bonds is 5. The molecule has 0 aliphatic heterocycles. The van der Waals surface area contributed by atoms with E-state index in [1.807, 2.05) is 0 Å². The fourth-order valence-corrected chi connectivity index (χ4v) is 1.49. The summed E-state index contributed by atoms with van der Waals surface area (Å²) in [5.74, 6) is -3.08. The molecule has 1 atom stereocenters. The number of halogens is 4. The fourth-order valence-electron chi connectivity index (χ4n) is 1.49. The summed E-state index contributed by atoms with van der Waals surface area (Å²) >= 11 is 0. The molecule has 1 aromatic rings. The van der Waals surface area contributed by atoms with Gasteiger partial charge in [0, 0.05) is 17.7 Å². The van der Waals surface area contributed by atoms with Gasteiger partial charge in [-0.15, -0.1) is 12.4 Å². The van der Waals surface area contributed by atoms with Gasteiger partial charge in [-0.2, -0.15) is 0 Å². The van der Waals surface area contributed by atoms with Crippen molar-refractivity contribution in [2.24, 2.45) is 11.5 Å². The lowest BCUT2D eigenvalue weighted by atomic mass is 10.0. The average molecular weight is 269 g/mol. The second-order valence-corrected chi connectivity index (χ2v) is 3.68. The molecule has 0 saturated heterocycles. The van der Waals surface area contributed by atoms with Crippen molar-refractivity contribution in [3.05, 3.63) is 35.1 Å². The average Bonchev–Trinajstić information content (AvgIpc) is 2.23. The molecule has 0 amide bonds. The lowest BCUT2D eigenvalue weighted by Crippen LogP contribution is -2.13. The Balaban J connectivity index is 0.00000256. The third kappa shape index (κ3) is 4.53. The van der Waals surface area contributed by atoms with E-state index in [1.54, 1.807) is 0 Å². The quantitative estimate of drug-likeness (QED) is 0.637. The molecule has 17 heavy (non-hydrogen) atoms. The molecule has 2 nitrogen and oxygen atoms in total. The van der Waals surface area contributed by atoms with Crippen LogP contribution >= 0.6 is 12.4 Å². The molecule has 1 rings (SSSR count). The molecule has 0 unspecified atom stereocenters. The zero-order valence-electron chi connectivity index (χ0n) is 9.26. The van der Waals surface area contributed by atoms with Gasteiger partial charge in [-0.3, -0.25) is 0 Å². The molecule has 6 heteroatoms. The van der Waals surface area contributed by atoms with E-state index in [1.165, 1.54) is 0 Å². The summed E-state index contributed by atoms with van der Waals surface area (Å²) in [7, 11) is 0. The molecule has 0 heterocycles. The Morgan fingerprint density at radius 3 is 2.18 bits per heavy atom. The Morgan fingerprint density at radius 1 is 1.00 bits per heavy atom. The van der Waals surface area contributed by atoms with Gasteiger partial charge in [0.25, 0.3) is 0 Å². The lowest BCUT2D eigenvalue weighted by Gasteiger charge is -2.12. The number of unbranched alkanes of at least 4 members (excludes halogenated alkanes) is 1. The fraction of sp³-hybridized carbons (Fsp3) is 0.455. The van der Waals surface area contributed by atoms with Crippen molar-refractivity contribution in [3.8, 4) is 0 Å². The van der Waals surface area contributed by atoms with Crippen LogP contribution in [0, 0.1) is 17.5 Å². The van der Waals surface area contributed by atoms with Crippen molar-refractivity contribution >= 4 is 12.4 Å². The first-order valence-corrected chi connectivity index (χ1v) is 5.16. The van der Waals surface area contributed by atoms with Crippen molar-refractivity contribution in [1.82, 2.24) is 0 Å². The van der Waals surface area contributed by atoms with Crippen LogP contribution in [0.3, 0.4) is 0 Å². The number of hydrogen-bond donors (Lipinski definition) is 2. The third-order valence-corrected chi connectivity index (χ3v) is 2.41. The standard InChI is InChI=1S/C11H15F3N2.ClH/c12-8-6-10(14)9(13)5-7(8)11(16)3-1-2-4-15;/h5-6,11H,1-4,15-16H2;1H/t11-;/m1./s1. The zero-order chi connectivity index (χ0) is 12.1. The molecule has 4 N–H and O–H groups in total. The first kappa shape index (κ1) is 16.2. The SMILES string of the molecule is Cl.NCCCC[C@@H](N)c1cc(F)c(F)cc1F. The van der Waals surface area contributed by atoms with Crippen molar-refractivity contribution in [2.75, 3.05) is 6.54 Å². The van der Waals surface area contributed by atoms with E-state index in [9.17, 15) is 13.2 Å². The number of benzene rings is 1. The van der Waals surface area contributed by atoms with Crippen LogP contribution in [0.1, 0.15) is 30.9 Å². The van der Waals surface area contributed by atoms with E-state index in [2.05, 4.69) is 0 Å². The summed E-state index contributed by atoms with van der Waals surface area (Å²) in [4.78, 5) is 0. The van der Waals surface area contributed by atoms with E-state index in [-0.39, 0.29) is 18.0 Å². The van der Waals surface area contributed by atoms with E-state index in [0.717, 1.165) is 18.9 Å². The van der Waals surface area contributed by atoms with Crippen molar-refractivity contribution in [2.45, 2.75) is 25.3 Å². The molecule has 0 aromatic heterocycles. The maximum atomic E-state index is 13.3. The molecule has 0 saturated carbocycles. The molecule has 0 aliphatic carbocycles. The monoisotopic (exact) mass is 268 g/mol. The smallest absolute Gasteiger partial charge is 0.161 e. The molecular weight excluding hydrogens is 253 g/mol. The van der Waals surface area contributed by atoms with Gasteiger partial charge in [0.05, 0.1) is 0 Å². The molecule has 0 spiro atoms. The highest BCUT2D eigenvalue weighted by Crippen LogP contribution is 2.22. The third-order valence-electron chi connectivity index (χ3n) is 2.41. The summed E-state index contributed by atoms with van der Waals surface area (Å²) in [6, 6.07) is 0.715. The Morgan fingerprint density at radius 2 is 1.59 bits per heavy atom. The minimum Gasteiger partial charge on any atom is -0.330 e. The minimum absolute atomic E-state index is 0. The van der Waals surface area contributed by atoms with Crippen LogP contribution in [0.25, 0.3) is 0 Å². The lowest BCUT2D eigenvalue weighted by molar-refractivity contribution is 0.478. The van der Waals surface area contributed by atoms with Gasteiger partial charge in [0.15, 0.2) is 11.6 Å². The summed E-state index contributed by atoms with van der Waals surface area (Å²) in [5, 5.41) is 0. The zero-order valence-corrected chi connectivity index (χ0v) is 10.1. The summed E-state index contributed by atoms with van der Waals surface area (Å²) in [6.07, 6.45) is 2.01. The highest BCUT2D eigenvalue weighted by Gasteiger charge is 2.15. The van der Waals surface area contributed by atoms with Crippen molar-refractivity contribution in [3.63, 3.8) is 0 Å². The summed E-state index contributed by atoms with van der Waals surface area (Å²) in [5.41, 5.74) is 11.0. The molecule has 1 aromatic carbocycles. The molecule has 0 aliphatic rings. The summed E-state index contributed by atoms with van der Waals surface area (Å²) in [6.45, 7) is 0.535. The number of hydrogen-bond acceptors (Lipinski definition) is 2. The van der Waals surface area contributed by atoms with Crippen molar-refractivity contribution < 1.29 is 13.2 Å². The highest BCUT2D eigenvalue weighted by atomic mass is 35.5. The molecule has 98 valence electrons. The van der Waals surface area contributed by atoms with Crippen LogP contribution in [0.5, 0.6) is 0 Å². The van der Waals surface area contributed by atoms with Gasteiger partial charge in [0.1, 0.15) is 5.82 Å². The minimum atomic E-state index is -1.20. The van der Waals surface area contributed by atoms with Crippen LogP contribution in [-0.4, -0.2) is 6.54 Å². The van der Waals surface area contributed by atoms with Crippen LogP contribution < -0.4 is 11.5 Å². The van der Waals surface area contributed by atoms with Gasteiger partial charge in [-0.25, -0.2) is 13.2 Å². The van der Waals surface area contributed by atoms with Gasteiger partial charge in [0.2, 0.25) is 0 Å². The molecule has 0 radical (unpaired) electrons. The van der Waals surface area contributed by atoms with Crippen LogP contribution in [0.15, 0.2) is 12.1 Å². The van der Waals surface area contributed by atoms with E-state index in [0.29, 0.717) is 19.0 Å². The van der Waals surface area contributed by atoms with Crippen LogP contribution in [-0.2, 0) is 0 Å². The Bertz CT molecular complexity index is 361. The largest absolute Gasteiger partial charge is 0.330 e. The summed E-state index contributed by atoms with van der Waals surface area (Å²) < 4.78 is 38.8. The van der Waals surface area contributed by atoms with Crippen LogP contribution in [0.2, 0.25) is 0 Å². The van der Waals surface area contributed by atoms with Crippen molar-refractivity contribution in [1.29, 1.82) is 0 Å². The molecular formula is C11H16ClF3N2. The topological polar surface area (TPSA) is 52.0 Å². The van der Waals surface area contributed by atoms with Gasteiger partial charge in [-0.1, -0.05) is 6.42 Å². The Labute approximate surface area is 105 Å².